The second-order valence-electron chi connectivity index (χ2n) is 8.62. The quantitative estimate of drug-likeness (QED) is 0.0865. The Labute approximate surface area is 226 Å². The van der Waals surface area contributed by atoms with Crippen molar-refractivity contribution in [3.05, 3.63) is 120 Å². The Hall–Kier alpha value is -5.10. The first-order chi connectivity index (χ1) is 19.1. The zero-order valence-corrected chi connectivity index (χ0v) is 21.5. The largest absolute Gasteiger partial charge is 0.497 e. The van der Waals surface area contributed by atoms with Crippen LogP contribution < -0.4 is 14.2 Å². The molecule has 0 fully saturated rings. The van der Waals surface area contributed by atoms with E-state index < -0.39 is 5.97 Å². The minimum Gasteiger partial charge on any atom is -0.497 e. The molecule has 5 rings (SSSR count). The third-order valence-corrected chi connectivity index (χ3v) is 6.12. The van der Waals surface area contributed by atoms with Gasteiger partial charge in [-0.1, -0.05) is 48.5 Å². The highest BCUT2D eigenvalue weighted by Gasteiger charge is 2.24. The van der Waals surface area contributed by atoms with Crippen LogP contribution in [0.25, 0.3) is 28.4 Å². The number of carbonyl (C=O) groups is 2. The number of methoxy groups -OCH3 is 1. The zero-order chi connectivity index (χ0) is 27.2. The molecule has 39 heavy (non-hydrogen) atoms. The molecule has 1 aromatic heterocycles. The Morgan fingerprint density at radius 1 is 0.846 bits per heavy atom. The normalized spacial score (nSPS) is 11.0. The number of para-hydroxylation sites is 1. The van der Waals surface area contributed by atoms with E-state index in [-0.39, 0.29) is 5.78 Å². The van der Waals surface area contributed by atoms with Gasteiger partial charge in [0.15, 0.2) is 5.78 Å². The molecule has 0 aliphatic carbocycles. The minimum absolute atomic E-state index is 0.182. The number of benzene rings is 4. The van der Waals surface area contributed by atoms with Gasteiger partial charge in [0.1, 0.15) is 34.2 Å². The molecule has 0 aliphatic rings. The topological polar surface area (TPSA) is 75.0 Å². The summed E-state index contributed by atoms with van der Waals surface area (Å²) in [7, 11) is 1.56. The summed E-state index contributed by atoms with van der Waals surface area (Å²) < 4.78 is 22.8. The third kappa shape index (κ3) is 5.60. The van der Waals surface area contributed by atoms with E-state index in [2.05, 4.69) is 0 Å². The van der Waals surface area contributed by atoms with Gasteiger partial charge in [-0.2, -0.15) is 0 Å². The maximum absolute atomic E-state index is 13.4. The van der Waals surface area contributed by atoms with E-state index >= 15 is 0 Å². The molecule has 0 saturated heterocycles. The molecule has 0 saturated carbocycles. The number of hydrogen-bond donors (Lipinski definition) is 0. The van der Waals surface area contributed by atoms with E-state index in [4.69, 9.17) is 18.6 Å². The lowest BCUT2D eigenvalue weighted by atomic mass is 10.1. The average Bonchev–Trinajstić information content (AvgIpc) is 3.36. The summed E-state index contributed by atoms with van der Waals surface area (Å²) >= 11 is 0. The maximum Gasteiger partial charge on any atom is 0.348 e. The molecule has 0 aliphatic heterocycles. The molecule has 0 amide bonds. The summed E-state index contributed by atoms with van der Waals surface area (Å²) in [4.78, 5) is 26.2. The van der Waals surface area contributed by atoms with Gasteiger partial charge >= 0.3 is 5.97 Å². The van der Waals surface area contributed by atoms with Gasteiger partial charge in [-0.15, -0.1) is 0 Å². The summed E-state index contributed by atoms with van der Waals surface area (Å²) in [6, 6.07) is 28.6. The number of fused-ring (bicyclic) bond motifs is 1. The fourth-order valence-corrected chi connectivity index (χ4v) is 4.21. The van der Waals surface area contributed by atoms with Crippen LogP contribution in [0.4, 0.5) is 0 Å². The van der Waals surface area contributed by atoms with Crippen LogP contribution in [0.3, 0.4) is 0 Å². The average molecular weight is 519 g/mol. The van der Waals surface area contributed by atoms with E-state index in [1.807, 2.05) is 61.5 Å². The van der Waals surface area contributed by atoms with Crippen LogP contribution in [0, 0.1) is 0 Å². The van der Waals surface area contributed by atoms with E-state index in [9.17, 15) is 9.59 Å². The highest BCUT2D eigenvalue weighted by Crippen LogP contribution is 2.36. The molecule has 6 nitrogen and oxygen atoms in total. The standard InChI is InChI=1S/C33H26O6/c1-3-37-29-12-8-7-9-23(29)15-19-28(34)22-13-16-25(17-14-22)38-33(35)31-27-21-26(36-2)18-20-30(27)39-32(31)24-10-5-4-6-11-24/h4-21H,3H2,1-2H3/b19-15+. The highest BCUT2D eigenvalue weighted by molar-refractivity contribution is 6.10. The molecule has 0 N–H and O–H groups in total. The Kier molecular flexibility index (Phi) is 7.55. The summed E-state index contributed by atoms with van der Waals surface area (Å²) in [5.74, 6) is 1.26. The van der Waals surface area contributed by atoms with Crippen LogP contribution in [-0.4, -0.2) is 25.5 Å². The molecule has 0 spiro atoms. The molecule has 194 valence electrons. The first-order valence-electron chi connectivity index (χ1n) is 12.5. The number of furan rings is 1. The van der Waals surface area contributed by atoms with Crippen molar-refractivity contribution in [2.45, 2.75) is 6.92 Å². The molecule has 0 bridgehead atoms. The number of ether oxygens (including phenoxy) is 3. The van der Waals surface area contributed by atoms with Crippen LogP contribution in [0.2, 0.25) is 0 Å². The number of allylic oxidation sites excluding steroid dienone is 1. The van der Waals surface area contributed by atoms with Gasteiger partial charge in [0, 0.05) is 22.1 Å². The van der Waals surface area contributed by atoms with Crippen LogP contribution in [0.5, 0.6) is 17.2 Å². The van der Waals surface area contributed by atoms with Crippen molar-refractivity contribution in [2.75, 3.05) is 13.7 Å². The molecular weight excluding hydrogens is 492 g/mol. The van der Waals surface area contributed by atoms with Gasteiger partial charge in [-0.3, -0.25) is 4.79 Å². The number of carbonyl (C=O) groups excluding carboxylic acids is 2. The summed E-state index contributed by atoms with van der Waals surface area (Å²) in [6.45, 7) is 2.45. The fourth-order valence-electron chi connectivity index (χ4n) is 4.21. The number of esters is 1. The molecule has 1 heterocycles. The van der Waals surface area contributed by atoms with Gasteiger partial charge in [0.2, 0.25) is 0 Å². The SMILES string of the molecule is CCOc1ccccc1/C=C/C(=O)c1ccc(OC(=O)c2c(-c3ccccc3)oc3ccc(OC)cc23)cc1. The molecule has 0 unspecified atom stereocenters. The Bertz CT molecular complexity index is 1650. The molecule has 0 atom stereocenters. The van der Waals surface area contributed by atoms with Crippen LogP contribution in [0.1, 0.15) is 33.2 Å². The van der Waals surface area contributed by atoms with Gasteiger partial charge in [-0.05, 0) is 67.6 Å². The van der Waals surface area contributed by atoms with Gasteiger partial charge in [0.05, 0.1) is 13.7 Å². The Morgan fingerprint density at radius 3 is 2.31 bits per heavy atom. The van der Waals surface area contributed by atoms with E-state index in [1.54, 1.807) is 55.7 Å². The van der Waals surface area contributed by atoms with Crippen LogP contribution in [0.15, 0.2) is 108 Å². The van der Waals surface area contributed by atoms with Crippen molar-refractivity contribution >= 4 is 28.8 Å². The second-order valence-corrected chi connectivity index (χ2v) is 8.62. The Morgan fingerprint density at radius 2 is 1.56 bits per heavy atom. The maximum atomic E-state index is 13.4. The van der Waals surface area contributed by atoms with Gasteiger partial charge in [-0.25, -0.2) is 4.79 Å². The van der Waals surface area contributed by atoms with E-state index in [0.29, 0.717) is 51.7 Å². The predicted octanol–water partition coefficient (Wildman–Crippen LogP) is 7.62. The lowest BCUT2D eigenvalue weighted by Crippen LogP contribution is -2.09. The first-order valence-corrected chi connectivity index (χ1v) is 12.5. The Balaban J connectivity index is 1.38. The van der Waals surface area contributed by atoms with Crippen molar-refractivity contribution in [1.29, 1.82) is 0 Å². The summed E-state index contributed by atoms with van der Waals surface area (Å²) in [5.41, 5.74) is 2.87. The fraction of sp³-hybridized carbons (Fsp3) is 0.0909. The number of hydrogen-bond acceptors (Lipinski definition) is 6. The van der Waals surface area contributed by atoms with Crippen molar-refractivity contribution in [3.63, 3.8) is 0 Å². The third-order valence-electron chi connectivity index (χ3n) is 6.12. The lowest BCUT2D eigenvalue weighted by molar-refractivity contribution is 0.0737. The van der Waals surface area contributed by atoms with Crippen molar-refractivity contribution in [2.24, 2.45) is 0 Å². The monoisotopic (exact) mass is 518 g/mol. The molecule has 5 aromatic rings. The first kappa shape index (κ1) is 25.5. The second kappa shape index (κ2) is 11.5. The molecule has 6 heteroatoms. The smallest absolute Gasteiger partial charge is 0.348 e. The van der Waals surface area contributed by atoms with Crippen molar-refractivity contribution in [3.8, 4) is 28.6 Å². The van der Waals surface area contributed by atoms with E-state index in [0.717, 1.165) is 11.1 Å². The number of ketones is 1. The van der Waals surface area contributed by atoms with E-state index in [1.165, 1.54) is 6.08 Å². The zero-order valence-electron chi connectivity index (χ0n) is 21.5. The lowest BCUT2D eigenvalue weighted by Gasteiger charge is -2.07. The van der Waals surface area contributed by atoms with Gasteiger partial charge in [0.25, 0.3) is 0 Å². The summed E-state index contributed by atoms with van der Waals surface area (Å²) in [5, 5.41) is 0.586. The highest BCUT2D eigenvalue weighted by atomic mass is 16.5. The van der Waals surface area contributed by atoms with Gasteiger partial charge < -0.3 is 18.6 Å². The molecular formula is C33H26O6. The number of rotatable bonds is 9. The van der Waals surface area contributed by atoms with Crippen LogP contribution in [-0.2, 0) is 0 Å². The predicted molar refractivity (Wildman–Crippen MR) is 151 cm³/mol. The minimum atomic E-state index is -0.577. The van der Waals surface area contributed by atoms with Crippen LogP contribution >= 0.6 is 0 Å². The molecule has 0 radical (unpaired) electrons. The summed E-state index contributed by atoms with van der Waals surface area (Å²) in [6.07, 6.45) is 3.22. The molecule has 4 aromatic carbocycles. The van der Waals surface area contributed by atoms with Crippen molar-refractivity contribution in [1.82, 2.24) is 0 Å². The van der Waals surface area contributed by atoms with Crippen molar-refractivity contribution < 1.29 is 28.2 Å².